The Hall–Kier alpha value is -2.78. The molecule has 3 aromatic rings. The monoisotopic (exact) mass is 375 g/mol. The summed E-state index contributed by atoms with van der Waals surface area (Å²) in [6.07, 6.45) is -0.783. The number of carbonyl (C=O) groups excluding carboxylic acids is 2. The third kappa shape index (κ3) is 4.40. The first-order chi connectivity index (χ1) is 12.2. The Morgan fingerprint density at radius 2 is 1.96 bits per heavy atom. The van der Waals surface area contributed by atoms with Crippen LogP contribution < -0.4 is 10.1 Å². The smallest absolute Gasteiger partial charge is 0.434 e. The van der Waals surface area contributed by atoms with E-state index in [9.17, 15) is 9.59 Å². The van der Waals surface area contributed by atoms with E-state index < -0.39 is 6.16 Å². The average Bonchev–Trinajstić information content (AvgIpc) is 3.27. The van der Waals surface area contributed by atoms with Gasteiger partial charge in [-0.3, -0.25) is 10.1 Å². The van der Waals surface area contributed by atoms with E-state index >= 15 is 0 Å². The molecule has 7 nitrogen and oxygen atoms in total. The highest BCUT2D eigenvalue weighted by molar-refractivity contribution is 7.23. The molecule has 0 aliphatic carbocycles. The van der Waals surface area contributed by atoms with E-state index in [2.05, 4.69) is 20.3 Å². The van der Waals surface area contributed by atoms with Crippen LogP contribution in [0, 0.1) is 0 Å². The van der Waals surface area contributed by atoms with Gasteiger partial charge in [0, 0.05) is 5.56 Å². The maximum absolute atomic E-state index is 12.2. The molecule has 0 aliphatic rings. The van der Waals surface area contributed by atoms with Gasteiger partial charge in [0.2, 0.25) is 5.13 Å². The highest BCUT2D eigenvalue weighted by atomic mass is 32.1. The van der Waals surface area contributed by atoms with Crippen molar-refractivity contribution in [2.75, 3.05) is 11.9 Å². The van der Waals surface area contributed by atoms with E-state index in [4.69, 9.17) is 4.74 Å². The van der Waals surface area contributed by atoms with E-state index in [0.717, 1.165) is 9.88 Å². The van der Waals surface area contributed by atoms with Crippen molar-refractivity contribution in [3.05, 3.63) is 47.3 Å². The van der Waals surface area contributed by atoms with Crippen molar-refractivity contribution in [1.29, 1.82) is 0 Å². The zero-order valence-corrected chi connectivity index (χ0v) is 14.7. The normalized spacial score (nSPS) is 10.3. The highest BCUT2D eigenvalue weighted by Gasteiger charge is 2.12. The van der Waals surface area contributed by atoms with E-state index in [1.807, 2.05) is 17.5 Å². The lowest BCUT2D eigenvalue weighted by atomic mass is 10.2. The summed E-state index contributed by atoms with van der Waals surface area (Å²) in [6, 6.07) is 10.0. The fraction of sp³-hybridized carbons (Fsp3) is 0.125. The number of anilines is 1. The fourth-order valence-electron chi connectivity index (χ4n) is 1.86. The molecule has 3 rings (SSSR count). The van der Waals surface area contributed by atoms with Gasteiger partial charge in [-0.15, -0.1) is 21.5 Å². The second-order valence-corrected chi connectivity index (χ2v) is 6.58. The summed E-state index contributed by atoms with van der Waals surface area (Å²) in [5, 5.41) is 13.9. The molecule has 0 bridgehead atoms. The summed E-state index contributed by atoms with van der Waals surface area (Å²) in [6.45, 7) is 1.92. The number of aromatic nitrogens is 2. The molecule has 0 atom stereocenters. The van der Waals surface area contributed by atoms with Crippen molar-refractivity contribution >= 4 is 39.9 Å². The van der Waals surface area contributed by atoms with Crippen LogP contribution in [0.4, 0.5) is 9.93 Å². The predicted octanol–water partition coefficient (Wildman–Crippen LogP) is 4.05. The van der Waals surface area contributed by atoms with Crippen molar-refractivity contribution in [2.24, 2.45) is 0 Å². The average molecular weight is 375 g/mol. The van der Waals surface area contributed by atoms with E-state index in [-0.39, 0.29) is 12.5 Å². The first kappa shape index (κ1) is 17.1. The van der Waals surface area contributed by atoms with Gasteiger partial charge in [-0.1, -0.05) is 17.4 Å². The van der Waals surface area contributed by atoms with Gasteiger partial charge in [0.05, 0.1) is 11.5 Å². The first-order valence-electron chi connectivity index (χ1n) is 7.29. The van der Waals surface area contributed by atoms with Crippen LogP contribution in [0.2, 0.25) is 0 Å². The Bertz CT molecular complexity index is 860. The van der Waals surface area contributed by atoms with Gasteiger partial charge in [-0.05, 0) is 42.6 Å². The van der Waals surface area contributed by atoms with Crippen molar-refractivity contribution in [3.63, 3.8) is 0 Å². The minimum atomic E-state index is -0.783. The van der Waals surface area contributed by atoms with Crippen molar-refractivity contribution in [2.45, 2.75) is 6.92 Å². The quantitative estimate of drug-likeness (QED) is 0.534. The molecule has 0 aliphatic heterocycles. The van der Waals surface area contributed by atoms with Crippen LogP contribution in [-0.2, 0) is 4.74 Å². The van der Waals surface area contributed by atoms with Crippen LogP contribution in [0.25, 0.3) is 9.88 Å². The summed E-state index contributed by atoms with van der Waals surface area (Å²) < 4.78 is 9.62. The SMILES string of the molecule is CCOC(=O)Oc1ccc(C(=O)Nc2nnc(-c3cccs3)s2)cc1. The highest BCUT2D eigenvalue weighted by Crippen LogP contribution is 2.29. The Morgan fingerprint density at radius 3 is 2.64 bits per heavy atom. The number of hydrogen-bond donors (Lipinski definition) is 1. The maximum Gasteiger partial charge on any atom is 0.513 e. The van der Waals surface area contributed by atoms with Gasteiger partial charge in [0.15, 0.2) is 5.01 Å². The third-order valence-electron chi connectivity index (χ3n) is 2.96. The molecule has 2 aromatic heterocycles. The van der Waals surface area contributed by atoms with Crippen molar-refractivity contribution < 1.29 is 19.1 Å². The minimum absolute atomic E-state index is 0.231. The standard InChI is InChI=1S/C16H13N3O4S2/c1-2-22-16(21)23-11-7-5-10(6-8-11)13(20)17-15-19-18-14(25-15)12-4-3-9-24-12/h3-9H,2H2,1H3,(H,17,19,20). The first-order valence-corrected chi connectivity index (χ1v) is 8.98. The van der Waals surface area contributed by atoms with Gasteiger partial charge in [-0.25, -0.2) is 4.79 Å². The lowest BCUT2D eigenvalue weighted by Crippen LogP contribution is -2.12. The molecule has 0 unspecified atom stereocenters. The molecule has 1 amide bonds. The van der Waals surface area contributed by atoms with Crippen LogP contribution in [0.5, 0.6) is 5.75 Å². The lowest BCUT2D eigenvalue weighted by Gasteiger charge is -2.05. The minimum Gasteiger partial charge on any atom is -0.434 e. The number of hydrogen-bond acceptors (Lipinski definition) is 8. The second-order valence-electron chi connectivity index (χ2n) is 4.65. The summed E-state index contributed by atoms with van der Waals surface area (Å²) in [4.78, 5) is 24.5. The molecular weight excluding hydrogens is 362 g/mol. The molecular formula is C16H13N3O4S2. The number of nitrogens with zero attached hydrogens (tertiary/aromatic N) is 2. The molecule has 2 heterocycles. The maximum atomic E-state index is 12.2. The van der Waals surface area contributed by atoms with Gasteiger partial charge in [0.25, 0.3) is 5.91 Å². The largest absolute Gasteiger partial charge is 0.513 e. The summed E-state index contributed by atoms with van der Waals surface area (Å²) in [5.41, 5.74) is 0.407. The Labute approximate surface area is 151 Å². The Kier molecular flexibility index (Phi) is 5.36. The number of amides is 1. The molecule has 0 fully saturated rings. The van der Waals surface area contributed by atoms with Gasteiger partial charge in [-0.2, -0.15) is 0 Å². The Balaban J connectivity index is 1.62. The summed E-state index contributed by atoms with van der Waals surface area (Å²) >= 11 is 2.86. The van der Waals surface area contributed by atoms with Crippen LogP contribution in [0.1, 0.15) is 17.3 Å². The number of thiophene rings is 1. The van der Waals surface area contributed by atoms with Crippen LogP contribution in [0.3, 0.4) is 0 Å². The van der Waals surface area contributed by atoms with E-state index in [0.29, 0.717) is 16.4 Å². The number of carbonyl (C=O) groups is 2. The topological polar surface area (TPSA) is 90.4 Å². The number of benzene rings is 1. The molecule has 1 N–H and O–H groups in total. The van der Waals surface area contributed by atoms with E-state index in [1.165, 1.54) is 23.5 Å². The molecule has 0 saturated carbocycles. The predicted molar refractivity (Wildman–Crippen MR) is 95.3 cm³/mol. The Morgan fingerprint density at radius 1 is 1.16 bits per heavy atom. The van der Waals surface area contributed by atoms with E-state index in [1.54, 1.807) is 30.4 Å². The summed E-state index contributed by atoms with van der Waals surface area (Å²) in [5.74, 6) is -0.0255. The van der Waals surface area contributed by atoms with Crippen molar-refractivity contribution in [1.82, 2.24) is 10.2 Å². The third-order valence-corrected chi connectivity index (χ3v) is 4.84. The van der Waals surface area contributed by atoms with Crippen LogP contribution >= 0.6 is 22.7 Å². The lowest BCUT2D eigenvalue weighted by molar-refractivity contribution is 0.102. The van der Waals surface area contributed by atoms with Crippen LogP contribution in [-0.4, -0.2) is 28.9 Å². The van der Waals surface area contributed by atoms with Crippen molar-refractivity contribution in [3.8, 4) is 15.6 Å². The van der Waals surface area contributed by atoms with Gasteiger partial charge >= 0.3 is 6.16 Å². The fourth-order valence-corrected chi connectivity index (χ4v) is 3.39. The van der Waals surface area contributed by atoms with Gasteiger partial charge in [0.1, 0.15) is 5.75 Å². The second kappa shape index (κ2) is 7.86. The number of nitrogens with one attached hydrogen (secondary N) is 1. The van der Waals surface area contributed by atoms with Gasteiger partial charge < -0.3 is 9.47 Å². The molecule has 25 heavy (non-hydrogen) atoms. The zero-order valence-electron chi connectivity index (χ0n) is 13.1. The summed E-state index contributed by atoms with van der Waals surface area (Å²) in [7, 11) is 0. The molecule has 128 valence electrons. The molecule has 0 saturated heterocycles. The number of rotatable bonds is 5. The molecule has 1 aromatic carbocycles. The molecule has 0 spiro atoms. The zero-order chi connectivity index (χ0) is 17.6. The van der Waals surface area contributed by atoms with Crippen LogP contribution in [0.15, 0.2) is 41.8 Å². The number of ether oxygens (including phenoxy) is 2. The molecule has 9 heteroatoms. The molecule has 0 radical (unpaired) electrons.